The van der Waals surface area contributed by atoms with E-state index in [1.807, 2.05) is 0 Å². The van der Waals surface area contributed by atoms with Crippen LogP contribution >= 0.6 is 0 Å². The van der Waals surface area contributed by atoms with Crippen LogP contribution in [0.25, 0.3) is 60.9 Å². The molecule has 61 heavy (non-hydrogen) atoms. The maximum Gasteiger partial charge on any atom is 0.0757 e. The van der Waals surface area contributed by atoms with E-state index in [1.54, 1.807) is 0 Å². The van der Waals surface area contributed by atoms with Crippen LogP contribution in [-0.4, -0.2) is 4.57 Å². The van der Waals surface area contributed by atoms with Crippen molar-refractivity contribution in [3.8, 4) is 39.1 Å². The van der Waals surface area contributed by atoms with Gasteiger partial charge in [0.05, 0.1) is 22.1 Å². The van der Waals surface area contributed by atoms with E-state index in [0.717, 1.165) is 0 Å². The van der Waals surface area contributed by atoms with Gasteiger partial charge in [-0.25, -0.2) is 0 Å². The Kier molecular flexibility index (Phi) is 7.09. The molecule has 0 N–H and O–H groups in total. The Balaban J connectivity index is 1.07. The van der Waals surface area contributed by atoms with Gasteiger partial charge >= 0.3 is 0 Å². The van der Waals surface area contributed by atoms with Gasteiger partial charge in [-0.2, -0.15) is 0 Å². The van der Waals surface area contributed by atoms with Gasteiger partial charge in [0.2, 0.25) is 0 Å². The van der Waals surface area contributed by atoms with Gasteiger partial charge in [-0.05, 0) is 109 Å². The SMILES string of the molecule is CC1(C)c2ccccc2-c2ccc(N(Cc3cccc4c3C3(c5ccccc5-4)c4ccccc4-n4c5ccccc5c5cccc3c54)c3ccc(-c4ccccc4)cc3)cc21. The topological polar surface area (TPSA) is 8.17 Å². The number of anilines is 2. The second kappa shape index (κ2) is 12.5. The number of hydrogen-bond donors (Lipinski definition) is 0. The zero-order valence-corrected chi connectivity index (χ0v) is 34.2. The summed E-state index contributed by atoms with van der Waals surface area (Å²) in [5.74, 6) is 0. The molecule has 288 valence electrons. The molecule has 10 aromatic rings. The summed E-state index contributed by atoms with van der Waals surface area (Å²) < 4.78 is 2.54. The number of aromatic nitrogens is 1. The van der Waals surface area contributed by atoms with Crippen molar-refractivity contribution in [1.29, 1.82) is 0 Å². The Hall–Kier alpha value is -7.42. The molecule has 0 radical (unpaired) electrons. The van der Waals surface area contributed by atoms with E-state index in [4.69, 9.17) is 0 Å². The maximum atomic E-state index is 2.56. The first-order valence-corrected chi connectivity index (χ1v) is 21.6. The maximum absolute atomic E-state index is 2.56. The summed E-state index contributed by atoms with van der Waals surface area (Å²) >= 11 is 0. The quantitative estimate of drug-likeness (QED) is 0.169. The van der Waals surface area contributed by atoms with Crippen LogP contribution in [0.5, 0.6) is 0 Å². The van der Waals surface area contributed by atoms with Crippen LogP contribution in [-0.2, 0) is 17.4 Å². The monoisotopic (exact) mass is 778 g/mol. The minimum Gasteiger partial charge on any atom is -0.337 e. The average Bonchev–Trinajstić information content (AvgIpc) is 3.90. The normalized spacial score (nSPS) is 16.0. The number of hydrogen-bond acceptors (Lipinski definition) is 1. The Labute approximate surface area is 356 Å². The van der Waals surface area contributed by atoms with Crippen molar-refractivity contribution in [3.63, 3.8) is 0 Å². The van der Waals surface area contributed by atoms with Gasteiger partial charge in [0.15, 0.2) is 0 Å². The molecule has 3 aliphatic rings. The van der Waals surface area contributed by atoms with Crippen molar-refractivity contribution in [2.45, 2.75) is 31.2 Å². The molecule has 0 amide bonds. The minimum absolute atomic E-state index is 0.118. The number of fused-ring (bicyclic) bond motifs is 15. The molecule has 13 rings (SSSR count). The van der Waals surface area contributed by atoms with E-state index in [0.29, 0.717) is 6.54 Å². The highest BCUT2D eigenvalue weighted by Crippen LogP contribution is 2.62. The summed E-state index contributed by atoms with van der Waals surface area (Å²) in [6.45, 7) is 5.45. The molecule has 1 aliphatic heterocycles. The number of nitrogens with zero attached hydrogens (tertiary/aromatic N) is 2. The van der Waals surface area contributed by atoms with E-state index in [-0.39, 0.29) is 5.41 Å². The summed E-state index contributed by atoms with van der Waals surface area (Å²) in [5.41, 5.74) is 22.7. The van der Waals surface area contributed by atoms with Gasteiger partial charge in [-0.15, -0.1) is 0 Å². The first-order valence-electron chi connectivity index (χ1n) is 21.6. The van der Waals surface area contributed by atoms with E-state index >= 15 is 0 Å². The van der Waals surface area contributed by atoms with Crippen LogP contribution in [0.1, 0.15) is 52.8 Å². The lowest BCUT2D eigenvalue weighted by atomic mass is 9.64. The smallest absolute Gasteiger partial charge is 0.0757 e. The fourth-order valence-corrected chi connectivity index (χ4v) is 11.7. The van der Waals surface area contributed by atoms with Crippen LogP contribution < -0.4 is 4.90 Å². The summed E-state index contributed by atoms with van der Waals surface area (Å²) in [6.07, 6.45) is 0. The Bertz CT molecular complexity index is 3420. The molecule has 2 heteroatoms. The number of benzene rings is 9. The molecule has 0 saturated carbocycles. The van der Waals surface area contributed by atoms with Gasteiger partial charge in [0.1, 0.15) is 0 Å². The zero-order chi connectivity index (χ0) is 40.5. The largest absolute Gasteiger partial charge is 0.337 e. The van der Waals surface area contributed by atoms with Crippen LogP contribution in [0.4, 0.5) is 11.4 Å². The average molecular weight is 779 g/mol. The summed E-state index contributed by atoms with van der Waals surface area (Å²) in [7, 11) is 0. The van der Waals surface area contributed by atoms with Gasteiger partial charge in [-0.1, -0.05) is 184 Å². The van der Waals surface area contributed by atoms with Gasteiger partial charge in [-0.3, -0.25) is 0 Å². The molecule has 2 heterocycles. The third kappa shape index (κ3) is 4.57. The van der Waals surface area contributed by atoms with E-state index in [1.165, 1.54) is 111 Å². The molecule has 0 saturated heterocycles. The zero-order valence-electron chi connectivity index (χ0n) is 34.2. The molecule has 0 bridgehead atoms. The molecule has 2 aliphatic carbocycles. The molecule has 1 spiro atoms. The lowest BCUT2D eigenvalue weighted by molar-refractivity contribution is 0.660. The molecular formula is C59H42N2. The molecule has 1 aromatic heterocycles. The van der Waals surface area contributed by atoms with Crippen LogP contribution in [0.3, 0.4) is 0 Å². The third-order valence-corrected chi connectivity index (χ3v) is 14.3. The van der Waals surface area contributed by atoms with Crippen molar-refractivity contribution in [3.05, 3.63) is 245 Å². The second-order valence-electron chi connectivity index (χ2n) is 17.6. The lowest BCUT2D eigenvalue weighted by Gasteiger charge is -2.41. The first kappa shape index (κ1) is 34.4. The Morgan fingerprint density at radius 3 is 1.85 bits per heavy atom. The van der Waals surface area contributed by atoms with E-state index < -0.39 is 5.41 Å². The van der Waals surface area contributed by atoms with Crippen molar-refractivity contribution < 1.29 is 0 Å². The standard InChI is InChI=1S/C59H42N2/c1-58(2)49-24-9-6-19-43(49)45-35-34-42(36-53(45)58)60(41-32-30-39(31-33-41)38-16-4-3-5-17-38)37-40-18-14-22-47-44-20-7-10-25-50(44)59(56(40)47)51-26-11-13-29-55(51)61-54-28-12-8-21-46(54)48-23-15-27-52(59)57(48)61/h3-36H,37H2,1-2H3. The van der Waals surface area contributed by atoms with Crippen LogP contribution in [0.2, 0.25) is 0 Å². The predicted octanol–water partition coefficient (Wildman–Crippen LogP) is 14.8. The molecule has 1 atom stereocenters. The number of para-hydroxylation sites is 3. The number of rotatable bonds is 5. The van der Waals surface area contributed by atoms with Gasteiger partial charge in [0.25, 0.3) is 0 Å². The minimum atomic E-state index is -0.534. The van der Waals surface area contributed by atoms with Crippen molar-refractivity contribution >= 4 is 33.2 Å². The molecule has 1 unspecified atom stereocenters. The Morgan fingerprint density at radius 1 is 0.426 bits per heavy atom. The van der Waals surface area contributed by atoms with Crippen LogP contribution in [0.15, 0.2) is 206 Å². The molecule has 2 nitrogen and oxygen atoms in total. The lowest BCUT2D eigenvalue weighted by Crippen LogP contribution is -2.35. The van der Waals surface area contributed by atoms with Crippen molar-refractivity contribution in [1.82, 2.24) is 4.57 Å². The van der Waals surface area contributed by atoms with Crippen molar-refractivity contribution in [2.75, 3.05) is 4.90 Å². The van der Waals surface area contributed by atoms with Crippen molar-refractivity contribution in [2.24, 2.45) is 0 Å². The fourth-order valence-electron chi connectivity index (χ4n) is 11.7. The van der Waals surface area contributed by atoms with E-state index in [9.17, 15) is 0 Å². The summed E-state index contributed by atoms with van der Waals surface area (Å²) in [6, 6.07) is 77.5. The summed E-state index contributed by atoms with van der Waals surface area (Å²) in [5, 5.41) is 2.59. The highest BCUT2D eigenvalue weighted by Gasteiger charge is 2.52. The fraction of sp³-hybridized carbons (Fsp3) is 0.0847. The van der Waals surface area contributed by atoms with Crippen LogP contribution in [0, 0.1) is 0 Å². The molecule has 9 aromatic carbocycles. The Morgan fingerprint density at radius 2 is 1.02 bits per heavy atom. The van der Waals surface area contributed by atoms with Gasteiger partial charge < -0.3 is 9.47 Å². The van der Waals surface area contributed by atoms with E-state index in [2.05, 4.69) is 230 Å². The molecular weight excluding hydrogens is 737 g/mol. The third-order valence-electron chi connectivity index (χ3n) is 14.3. The first-order chi connectivity index (χ1) is 30.0. The molecule has 0 fully saturated rings. The van der Waals surface area contributed by atoms with Gasteiger partial charge in [0, 0.05) is 34.1 Å². The highest BCUT2D eigenvalue weighted by atomic mass is 15.1. The predicted molar refractivity (Wildman–Crippen MR) is 253 cm³/mol. The highest BCUT2D eigenvalue weighted by molar-refractivity contribution is 6.13. The summed E-state index contributed by atoms with van der Waals surface area (Å²) in [4.78, 5) is 2.56. The second-order valence-corrected chi connectivity index (χ2v) is 17.6.